The zero-order valence-corrected chi connectivity index (χ0v) is 19.2. The summed E-state index contributed by atoms with van der Waals surface area (Å²) in [5, 5.41) is 5.75. The Labute approximate surface area is 190 Å². The number of hydrogen-bond donors (Lipinski definition) is 2. The molecule has 1 fully saturated rings. The standard InChI is InChI=1S/C24H31N3O4S/c1-2-3-15-25-24(29)21-11-7-8-12-22(21)26-23(28)20-13-16-27(17-14-20)32(30,31)18-19-9-5-4-6-10-19/h4-12,20H,2-3,13-18H2,1H3,(H,25,29)(H,26,28). The molecule has 1 aliphatic rings. The van der Waals surface area contributed by atoms with Crippen LogP contribution >= 0.6 is 0 Å². The number of carbonyl (C=O) groups is 2. The van der Waals surface area contributed by atoms with Crippen molar-refractivity contribution in [2.45, 2.75) is 38.4 Å². The maximum absolute atomic E-state index is 12.8. The minimum absolute atomic E-state index is 0.0365. The fourth-order valence-corrected chi connectivity index (χ4v) is 5.33. The van der Waals surface area contributed by atoms with Crippen molar-refractivity contribution in [1.29, 1.82) is 0 Å². The van der Waals surface area contributed by atoms with Gasteiger partial charge in [-0.05, 0) is 37.0 Å². The molecule has 0 aliphatic carbocycles. The van der Waals surface area contributed by atoms with Gasteiger partial charge in [-0.15, -0.1) is 0 Å². The van der Waals surface area contributed by atoms with Crippen LogP contribution in [0.1, 0.15) is 48.5 Å². The van der Waals surface area contributed by atoms with Gasteiger partial charge in [0.05, 0.1) is 17.0 Å². The summed E-state index contributed by atoms with van der Waals surface area (Å²) in [6, 6.07) is 16.0. The van der Waals surface area contributed by atoms with E-state index in [4.69, 9.17) is 0 Å². The predicted octanol–water partition coefficient (Wildman–Crippen LogP) is 3.40. The van der Waals surface area contributed by atoms with Gasteiger partial charge in [0.15, 0.2) is 0 Å². The van der Waals surface area contributed by atoms with E-state index in [1.807, 2.05) is 18.2 Å². The fraction of sp³-hybridized carbons (Fsp3) is 0.417. The van der Waals surface area contributed by atoms with E-state index >= 15 is 0 Å². The molecule has 3 rings (SSSR count). The molecule has 32 heavy (non-hydrogen) atoms. The molecule has 0 radical (unpaired) electrons. The lowest BCUT2D eigenvalue weighted by molar-refractivity contribution is -0.120. The van der Waals surface area contributed by atoms with Gasteiger partial charge in [0.1, 0.15) is 0 Å². The minimum atomic E-state index is -3.42. The second kappa shape index (κ2) is 11.2. The highest BCUT2D eigenvalue weighted by Gasteiger charge is 2.31. The first-order valence-corrected chi connectivity index (χ1v) is 12.7. The third-order valence-corrected chi connectivity index (χ3v) is 7.51. The van der Waals surface area contributed by atoms with Crippen molar-refractivity contribution in [3.8, 4) is 0 Å². The largest absolute Gasteiger partial charge is 0.352 e. The molecular formula is C24H31N3O4S. The zero-order chi connectivity index (χ0) is 23.0. The highest BCUT2D eigenvalue weighted by molar-refractivity contribution is 7.88. The van der Waals surface area contributed by atoms with Crippen LogP contribution in [0.4, 0.5) is 5.69 Å². The maximum Gasteiger partial charge on any atom is 0.253 e. The van der Waals surface area contributed by atoms with Crippen molar-refractivity contribution in [2.24, 2.45) is 5.92 Å². The first kappa shape index (κ1) is 23.9. The Morgan fingerprint density at radius 1 is 1.00 bits per heavy atom. The summed E-state index contributed by atoms with van der Waals surface area (Å²) in [4.78, 5) is 25.3. The Hall–Kier alpha value is -2.71. The van der Waals surface area contributed by atoms with Crippen LogP contribution in [-0.4, -0.2) is 44.2 Å². The topological polar surface area (TPSA) is 95.6 Å². The lowest BCUT2D eigenvalue weighted by Gasteiger charge is -2.30. The lowest BCUT2D eigenvalue weighted by Crippen LogP contribution is -2.42. The molecular weight excluding hydrogens is 426 g/mol. The van der Waals surface area contributed by atoms with Crippen LogP contribution in [0, 0.1) is 5.92 Å². The SMILES string of the molecule is CCCCNC(=O)c1ccccc1NC(=O)C1CCN(S(=O)(=O)Cc2ccccc2)CC1. The average Bonchev–Trinajstić information content (AvgIpc) is 2.80. The van der Waals surface area contributed by atoms with Crippen LogP contribution in [0.25, 0.3) is 0 Å². The maximum atomic E-state index is 12.8. The number of amides is 2. The van der Waals surface area contributed by atoms with Gasteiger partial charge in [0.25, 0.3) is 5.91 Å². The van der Waals surface area contributed by atoms with E-state index in [-0.39, 0.29) is 23.5 Å². The summed E-state index contributed by atoms with van der Waals surface area (Å²) < 4.78 is 26.9. The van der Waals surface area contributed by atoms with Gasteiger partial charge in [-0.25, -0.2) is 12.7 Å². The third-order valence-electron chi connectivity index (χ3n) is 5.66. The summed E-state index contributed by atoms with van der Waals surface area (Å²) in [5.41, 5.74) is 1.66. The predicted molar refractivity (Wildman–Crippen MR) is 126 cm³/mol. The quantitative estimate of drug-likeness (QED) is 0.564. The number of sulfonamides is 1. The van der Waals surface area contributed by atoms with Gasteiger partial charge >= 0.3 is 0 Å². The Morgan fingerprint density at radius 2 is 1.66 bits per heavy atom. The first-order valence-electron chi connectivity index (χ1n) is 11.1. The van der Waals surface area contributed by atoms with E-state index in [2.05, 4.69) is 17.6 Å². The lowest BCUT2D eigenvalue weighted by atomic mass is 9.97. The van der Waals surface area contributed by atoms with Gasteiger partial charge in [0, 0.05) is 25.6 Å². The van der Waals surface area contributed by atoms with E-state index in [0.717, 1.165) is 18.4 Å². The fourth-order valence-electron chi connectivity index (χ4n) is 3.77. The molecule has 0 atom stereocenters. The van der Waals surface area contributed by atoms with Crippen LogP contribution in [0.15, 0.2) is 54.6 Å². The molecule has 2 aromatic carbocycles. The number of benzene rings is 2. The van der Waals surface area contributed by atoms with Crippen molar-refractivity contribution in [3.05, 3.63) is 65.7 Å². The molecule has 7 nitrogen and oxygen atoms in total. The number of hydrogen-bond acceptors (Lipinski definition) is 4. The summed E-state index contributed by atoms with van der Waals surface area (Å²) in [7, 11) is -3.42. The molecule has 1 saturated heterocycles. The summed E-state index contributed by atoms with van der Waals surface area (Å²) >= 11 is 0. The van der Waals surface area contributed by atoms with Crippen LogP contribution in [0.5, 0.6) is 0 Å². The second-order valence-electron chi connectivity index (χ2n) is 8.06. The number of anilines is 1. The van der Waals surface area contributed by atoms with E-state index in [1.165, 1.54) is 4.31 Å². The number of nitrogens with one attached hydrogen (secondary N) is 2. The molecule has 0 bridgehead atoms. The number of unbranched alkanes of at least 4 members (excludes halogenated alkanes) is 1. The Kier molecular flexibility index (Phi) is 8.41. The summed E-state index contributed by atoms with van der Waals surface area (Å²) in [6.45, 7) is 3.27. The van der Waals surface area contributed by atoms with Crippen LogP contribution in [-0.2, 0) is 20.6 Å². The van der Waals surface area contributed by atoms with Gasteiger partial charge < -0.3 is 10.6 Å². The summed E-state index contributed by atoms with van der Waals surface area (Å²) in [5.74, 6) is -0.727. The molecule has 1 aliphatic heterocycles. The normalized spacial score (nSPS) is 15.3. The van der Waals surface area contributed by atoms with E-state index in [1.54, 1.807) is 36.4 Å². The zero-order valence-electron chi connectivity index (χ0n) is 18.4. The van der Waals surface area contributed by atoms with E-state index in [9.17, 15) is 18.0 Å². The highest BCUT2D eigenvalue weighted by Crippen LogP contribution is 2.24. The Morgan fingerprint density at radius 3 is 2.34 bits per heavy atom. The highest BCUT2D eigenvalue weighted by atomic mass is 32.2. The van der Waals surface area contributed by atoms with Gasteiger partial charge in [-0.1, -0.05) is 55.8 Å². The van der Waals surface area contributed by atoms with Crippen molar-refractivity contribution in [2.75, 3.05) is 25.0 Å². The third kappa shape index (κ3) is 6.40. The van der Waals surface area contributed by atoms with Crippen LogP contribution in [0.2, 0.25) is 0 Å². The number of carbonyl (C=O) groups excluding carboxylic acids is 2. The van der Waals surface area contributed by atoms with Crippen molar-refractivity contribution < 1.29 is 18.0 Å². The molecule has 0 saturated carbocycles. The average molecular weight is 458 g/mol. The molecule has 0 aromatic heterocycles. The number of nitrogens with zero attached hydrogens (tertiary/aromatic N) is 1. The Bertz CT molecular complexity index is 1020. The monoisotopic (exact) mass is 457 g/mol. The van der Waals surface area contributed by atoms with Crippen LogP contribution < -0.4 is 10.6 Å². The van der Waals surface area contributed by atoms with E-state index < -0.39 is 10.0 Å². The Balaban J connectivity index is 1.57. The molecule has 172 valence electrons. The van der Waals surface area contributed by atoms with Crippen LogP contribution in [0.3, 0.4) is 0 Å². The van der Waals surface area contributed by atoms with Gasteiger partial charge in [-0.3, -0.25) is 9.59 Å². The second-order valence-corrected chi connectivity index (χ2v) is 10.0. The molecule has 2 aromatic rings. The van der Waals surface area contributed by atoms with Crippen molar-refractivity contribution >= 4 is 27.5 Å². The summed E-state index contributed by atoms with van der Waals surface area (Å²) in [6.07, 6.45) is 2.78. The van der Waals surface area contributed by atoms with E-state index in [0.29, 0.717) is 43.7 Å². The minimum Gasteiger partial charge on any atom is -0.352 e. The molecule has 2 amide bonds. The number of piperidine rings is 1. The van der Waals surface area contributed by atoms with Crippen molar-refractivity contribution in [3.63, 3.8) is 0 Å². The first-order chi connectivity index (χ1) is 15.4. The number of para-hydroxylation sites is 1. The van der Waals surface area contributed by atoms with Crippen molar-refractivity contribution in [1.82, 2.24) is 9.62 Å². The number of rotatable bonds is 9. The molecule has 0 spiro atoms. The smallest absolute Gasteiger partial charge is 0.253 e. The van der Waals surface area contributed by atoms with Gasteiger partial charge in [-0.2, -0.15) is 0 Å². The molecule has 0 unspecified atom stereocenters. The van der Waals surface area contributed by atoms with Gasteiger partial charge in [0.2, 0.25) is 15.9 Å². The molecule has 2 N–H and O–H groups in total. The molecule has 8 heteroatoms. The molecule has 1 heterocycles.